The highest BCUT2D eigenvalue weighted by Gasteiger charge is 2.33. The largest absolute Gasteiger partial charge is 0.573 e. The predicted octanol–water partition coefficient (Wildman–Crippen LogP) is 3.43. The van der Waals surface area contributed by atoms with Gasteiger partial charge in [0.15, 0.2) is 5.76 Å². The summed E-state index contributed by atoms with van der Waals surface area (Å²) in [6.07, 6.45) is -2.06. The lowest BCUT2D eigenvalue weighted by atomic mass is 9.95. The Kier molecular flexibility index (Phi) is 5.42. The monoisotopic (exact) mass is 458 g/mol. The predicted molar refractivity (Wildman–Crippen MR) is 105 cm³/mol. The Morgan fingerprint density at radius 1 is 0.909 bits per heavy atom. The smallest absolute Gasteiger partial charge is 0.491 e. The van der Waals surface area contributed by atoms with Gasteiger partial charge in [-0.05, 0) is 36.4 Å². The molecule has 0 spiro atoms. The highest BCUT2D eigenvalue weighted by Crippen LogP contribution is 2.28. The molecule has 0 atom stereocenters. The fraction of sp³-hybridized carbons (Fsp3) is 0.0952. The minimum Gasteiger partial charge on any atom is -0.491 e. The van der Waals surface area contributed by atoms with Crippen LogP contribution in [0.25, 0.3) is 11.3 Å². The number of alkyl halides is 3. The first-order valence-electron chi connectivity index (χ1n) is 9.16. The second kappa shape index (κ2) is 8.22. The molecule has 0 amide bonds. The summed E-state index contributed by atoms with van der Waals surface area (Å²) >= 11 is 0. The molecule has 33 heavy (non-hydrogen) atoms. The van der Waals surface area contributed by atoms with E-state index in [-0.39, 0.29) is 34.5 Å². The van der Waals surface area contributed by atoms with Crippen LogP contribution in [0, 0.1) is 0 Å². The van der Waals surface area contributed by atoms with Gasteiger partial charge in [0.2, 0.25) is 11.6 Å². The molecular formula is C21H13F3N4O5. The molecule has 0 saturated heterocycles. The molecule has 0 radical (unpaired) electrons. The summed E-state index contributed by atoms with van der Waals surface area (Å²) in [6, 6.07) is 7.56. The number of carbonyl (C=O) groups excluding carboxylic acids is 2. The standard InChI is InChI=1S/C21H13F3N4O5/c1-31-19-15(25)18(30)16-13(17(19)29)6-7-14(28-16)10-8-26-20(27-9-10)32-11-2-4-12(5-3-11)33-21(22,23)24/h2-9H,25H2,1H3. The quantitative estimate of drug-likeness (QED) is 0.612. The van der Waals surface area contributed by atoms with Crippen molar-refractivity contribution < 1.29 is 37.0 Å². The lowest BCUT2D eigenvalue weighted by Crippen LogP contribution is -2.28. The summed E-state index contributed by atoms with van der Waals surface area (Å²) in [6.45, 7) is 0. The van der Waals surface area contributed by atoms with Gasteiger partial charge in [0.05, 0.1) is 18.4 Å². The number of aromatic nitrogens is 3. The maximum atomic E-state index is 12.5. The number of rotatable bonds is 5. The van der Waals surface area contributed by atoms with Crippen LogP contribution in [0.2, 0.25) is 0 Å². The van der Waals surface area contributed by atoms with Crippen molar-refractivity contribution in [2.45, 2.75) is 6.36 Å². The first-order valence-corrected chi connectivity index (χ1v) is 9.16. The van der Waals surface area contributed by atoms with E-state index in [9.17, 15) is 22.8 Å². The number of ketones is 2. The number of methoxy groups -OCH3 is 1. The van der Waals surface area contributed by atoms with Crippen molar-refractivity contribution in [1.82, 2.24) is 15.0 Å². The van der Waals surface area contributed by atoms with Crippen molar-refractivity contribution in [3.63, 3.8) is 0 Å². The Bertz CT molecular complexity index is 1270. The third-order valence-corrected chi connectivity index (χ3v) is 4.44. The molecule has 1 aliphatic rings. The van der Waals surface area contributed by atoms with E-state index in [1.807, 2.05) is 0 Å². The Morgan fingerprint density at radius 2 is 1.55 bits per heavy atom. The molecule has 0 bridgehead atoms. The molecule has 2 aromatic heterocycles. The van der Waals surface area contributed by atoms with Crippen LogP contribution in [0.1, 0.15) is 20.8 Å². The number of pyridine rings is 1. The summed E-state index contributed by atoms with van der Waals surface area (Å²) in [4.78, 5) is 37.1. The summed E-state index contributed by atoms with van der Waals surface area (Å²) < 4.78 is 50.8. The van der Waals surface area contributed by atoms with Gasteiger partial charge in [0, 0.05) is 18.0 Å². The molecule has 9 nitrogen and oxygen atoms in total. The molecule has 3 aromatic rings. The number of nitrogens with two attached hydrogens (primary N) is 1. The Morgan fingerprint density at radius 3 is 2.15 bits per heavy atom. The lowest BCUT2D eigenvalue weighted by Gasteiger charge is -2.17. The van der Waals surface area contributed by atoms with E-state index < -0.39 is 23.7 Å². The number of halogens is 3. The minimum absolute atomic E-state index is 0.0635. The second-order valence-corrected chi connectivity index (χ2v) is 6.57. The van der Waals surface area contributed by atoms with Crippen LogP contribution in [-0.2, 0) is 4.74 Å². The molecule has 1 aliphatic carbocycles. The molecule has 0 saturated carbocycles. The van der Waals surface area contributed by atoms with Crippen molar-refractivity contribution in [3.8, 4) is 28.8 Å². The van der Waals surface area contributed by atoms with Crippen LogP contribution in [-0.4, -0.2) is 40.0 Å². The van der Waals surface area contributed by atoms with Gasteiger partial charge < -0.3 is 19.9 Å². The number of allylic oxidation sites excluding steroid dienone is 2. The number of Topliss-reactive ketones (excluding diaryl/α,β-unsaturated/α-hetero) is 2. The zero-order chi connectivity index (χ0) is 23.8. The van der Waals surface area contributed by atoms with Crippen molar-refractivity contribution in [3.05, 3.63) is 71.5 Å². The van der Waals surface area contributed by atoms with Gasteiger partial charge >= 0.3 is 12.4 Å². The Hall–Kier alpha value is -4.48. The van der Waals surface area contributed by atoms with Gasteiger partial charge in [-0.25, -0.2) is 15.0 Å². The van der Waals surface area contributed by atoms with Crippen LogP contribution >= 0.6 is 0 Å². The summed E-state index contributed by atoms with van der Waals surface area (Å²) in [5, 5.41) is 0. The lowest BCUT2D eigenvalue weighted by molar-refractivity contribution is -0.274. The van der Waals surface area contributed by atoms with E-state index in [0.717, 1.165) is 12.1 Å². The van der Waals surface area contributed by atoms with Gasteiger partial charge in [-0.15, -0.1) is 13.2 Å². The van der Waals surface area contributed by atoms with Gasteiger partial charge in [-0.3, -0.25) is 9.59 Å². The Balaban J connectivity index is 1.52. The average Bonchev–Trinajstić information content (AvgIpc) is 2.78. The number of hydrogen-bond acceptors (Lipinski definition) is 9. The maximum Gasteiger partial charge on any atom is 0.573 e. The van der Waals surface area contributed by atoms with E-state index >= 15 is 0 Å². The summed E-state index contributed by atoms with van der Waals surface area (Å²) in [5.41, 5.74) is 6.05. The first-order chi connectivity index (χ1) is 15.7. The van der Waals surface area contributed by atoms with E-state index in [1.165, 1.54) is 43.8 Å². The van der Waals surface area contributed by atoms with E-state index in [2.05, 4.69) is 19.7 Å². The molecule has 1 aromatic carbocycles. The fourth-order valence-corrected chi connectivity index (χ4v) is 2.97. The van der Waals surface area contributed by atoms with Crippen molar-refractivity contribution in [1.29, 1.82) is 0 Å². The van der Waals surface area contributed by atoms with Crippen LogP contribution in [0.4, 0.5) is 13.2 Å². The van der Waals surface area contributed by atoms with E-state index in [0.29, 0.717) is 11.3 Å². The highest BCUT2D eigenvalue weighted by molar-refractivity contribution is 6.25. The van der Waals surface area contributed by atoms with Crippen molar-refractivity contribution in [2.75, 3.05) is 7.11 Å². The molecular weight excluding hydrogens is 445 g/mol. The maximum absolute atomic E-state index is 12.5. The Labute approximate surface area is 183 Å². The van der Waals surface area contributed by atoms with Crippen LogP contribution in [0.3, 0.4) is 0 Å². The number of fused-ring (bicyclic) bond motifs is 1. The molecule has 168 valence electrons. The zero-order valence-electron chi connectivity index (χ0n) is 16.7. The number of ether oxygens (including phenoxy) is 3. The SMILES string of the molecule is COC1=C(N)C(=O)c2nc(-c3cnc(Oc4ccc(OC(F)(F)F)cc4)nc3)ccc2C1=O. The van der Waals surface area contributed by atoms with E-state index in [1.54, 1.807) is 0 Å². The number of nitrogens with zero attached hydrogens (tertiary/aromatic N) is 3. The van der Waals surface area contributed by atoms with Gasteiger partial charge in [-0.2, -0.15) is 0 Å². The highest BCUT2D eigenvalue weighted by atomic mass is 19.4. The number of benzene rings is 1. The van der Waals surface area contributed by atoms with Crippen molar-refractivity contribution >= 4 is 11.6 Å². The first kappa shape index (κ1) is 21.7. The molecule has 12 heteroatoms. The van der Waals surface area contributed by atoms with E-state index in [4.69, 9.17) is 15.2 Å². The van der Waals surface area contributed by atoms with Gasteiger partial charge in [0.1, 0.15) is 22.9 Å². The van der Waals surface area contributed by atoms with Crippen LogP contribution < -0.4 is 15.2 Å². The molecule has 0 fully saturated rings. The van der Waals surface area contributed by atoms with Crippen LogP contribution in [0.15, 0.2) is 60.2 Å². The molecule has 0 unspecified atom stereocenters. The molecule has 0 aliphatic heterocycles. The average molecular weight is 458 g/mol. The van der Waals surface area contributed by atoms with Gasteiger partial charge in [0.25, 0.3) is 0 Å². The second-order valence-electron chi connectivity index (χ2n) is 6.57. The van der Waals surface area contributed by atoms with Crippen LogP contribution in [0.5, 0.6) is 17.5 Å². The zero-order valence-corrected chi connectivity index (χ0v) is 16.7. The third-order valence-electron chi connectivity index (χ3n) is 4.44. The number of carbonyl (C=O) groups is 2. The van der Waals surface area contributed by atoms with Gasteiger partial charge in [-0.1, -0.05) is 0 Å². The third kappa shape index (κ3) is 4.44. The summed E-state index contributed by atoms with van der Waals surface area (Å²) in [7, 11) is 1.24. The molecule has 4 rings (SSSR count). The number of hydrogen-bond donors (Lipinski definition) is 1. The minimum atomic E-state index is -4.79. The van der Waals surface area contributed by atoms with Crippen molar-refractivity contribution in [2.24, 2.45) is 5.73 Å². The summed E-state index contributed by atoms with van der Waals surface area (Å²) in [5.74, 6) is -1.63. The molecule has 2 N–H and O–H groups in total. The normalized spacial score (nSPS) is 13.6. The molecule has 2 heterocycles. The topological polar surface area (TPSA) is 127 Å². The fourth-order valence-electron chi connectivity index (χ4n) is 2.97.